The number of nitrogens with one attached hydrogen (secondary N) is 1. The van der Waals surface area contributed by atoms with Crippen molar-refractivity contribution in [1.29, 1.82) is 0 Å². The van der Waals surface area contributed by atoms with E-state index in [-0.39, 0.29) is 0 Å². The minimum atomic E-state index is -0.476. The third kappa shape index (κ3) is 4.70. The van der Waals surface area contributed by atoms with Crippen molar-refractivity contribution in [2.45, 2.75) is 45.8 Å². The predicted molar refractivity (Wildman–Crippen MR) is 90.6 cm³/mol. The number of para-hydroxylation sites is 1. The van der Waals surface area contributed by atoms with Gasteiger partial charge in [-0.05, 0) is 50.9 Å². The Kier molecular flexibility index (Phi) is 6.68. The molecule has 4 nitrogen and oxygen atoms in total. The first-order valence-electron chi connectivity index (χ1n) is 8.43. The van der Waals surface area contributed by atoms with E-state index in [2.05, 4.69) is 17.1 Å². The summed E-state index contributed by atoms with van der Waals surface area (Å²) < 4.78 is 5.79. The number of likely N-dealkylation sites (N-methyl/N-ethyl adjacent to an activating group) is 1. The van der Waals surface area contributed by atoms with Crippen molar-refractivity contribution >= 4 is 0 Å². The number of benzene rings is 1. The van der Waals surface area contributed by atoms with Gasteiger partial charge in [-0.25, -0.2) is 0 Å². The Morgan fingerprint density at radius 2 is 2.09 bits per heavy atom. The molecule has 1 aromatic carbocycles. The third-order valence-electron chi connectivity index (χ3n) is 4.49. The largest absolute Gasteiger partial charge is 0.490 e. The number of hydrogen-bond acceptors (Lipinski definition) is 4. The molecule has 0 unspecified atom stereocenters. The standard InChI is InChI=1S/C18H30N2O2/c1-4-20-10-6-9-16(20)11-19-12-17(21)13-22-18-14(2)7-5-8-15(18)3/h5,7-8,16-17,19,21H,4,6,9-13H2,1-3H3/t16-,17+/m0/s1. The lowest BCUT2D eigenvalue weighted by Gasteiger charge is -2.23. The van der Waals surface area contributed by atoms with E-state index < -0.39 is 6.10 Å². The average molecular weight is 306 g/mol. The van der Waals surface area contributed by atoms with Crippen LogP contribution in [0.2, 0.25) is 0 Å². The Hall–Kier alpha value is -1.10. The fourth-order valence-corrected chi connectivity index (χ4v) is 3.22. The van der Waals surface area contributed by atoms with E-state index in [9.17, 15) is 5.11 Å². The molecule has 0 aromatic heterocycles. The summed E-state index contributed by atoms with van der Waals surface area (Å²) in [5, 5.41) is 13.5. The number of hydrogen-bond donors (Lipinski definition) is 2. The second-order valence-electron chi connectivity index (χ2n) is 6.27. The van der Waals surface area contributed by atoms with Crippen LogP contribution in [0.3, 0.4) is 0 Å². The SMILES string of the molecule is CCN1CCC[C@H]1CNC[C@@H](O)COc1c(C)cccc1C. The number of likely N-dealkylation sites (tertiary alicyclic amines) is 1. The molecule has 4 heteroatoms. The summed E-state index contributed by atoms with van der Waals surface area (Å²) in [4.78, 5) is 2.51. The first-order valence-corrected chi connectivity index (χ1v) is 8.43. The van der Waals surface area contributed by atoms with Crippen LogP contribution in [0.25, 0.3) is 0 Å². The van der Waals surface area contributed by atoms with Crippen molar-refractivity contribution in [2.24, 2.45) is 0 Å². The van der Waals surface area contributed by atoms with Crippen LogP contribution in [-0.2, 0) is 0 Å². The Balaban J connectivity index is 1.69. The van der Waals surface area contributed by atoms with E-state index in [0.717, 1.165) is 30.0 Å². The van der Waals surface area contributed by atoms with E-state index in [1.807, 2.05) is 32.0 Å². The fraction of sp³-hybridized carbons (Fsp3) is 0.667. The molecule has 1 heterocycles. The lowest BCUT2D eigenvalue weighted by atomic mass is 10.1. The summed E-state index contributed by atoms with van der Waals surface area (Å²) >= 11 is 0. The van der Waals surface area contributed by atoms with Gasteiger partial charge in [0.15, 0.2) is 0 Å². The number of ether oxygens (including phenoxy) is 1. The molecule has 1 fully saturated rings. The zero-order valence-electron chi connectivity index (χ0n) is 14.1. The summed E-state index contributed by atoms with van der Waals surface area (Å²) in [5.74, 6) is 0.898. The molecular weight excluding hydrogens is 276 g/mol. The van der Waals surface area contributed by atoms with E-state index in [1.54, 1.807) is 0 Å². The second-order valence-corrected chi connectivity index (χ2v) is 6.27. The van der Waals surface area contributed by atoms with Crippen LogP contribution < -0.4 is 10.1 Å². The van der Waals surface area contributed by atoms with Crippen LogP contribution in [0.1, 0.15) is 30.9 Å². The first-order chi connectivity index (χ1) is 10.6. The van der Waals surface area contributed by atoms with Crippen molar-refractivity contribution in [3.63, 3.8) is 0 Å². The molecule has 1 aliphatic rings. The highest BCUT2D eigenvalue weighted by molar-refractivity contribution is 5.39. The Morgan fingerprint density at radius 3 is 2.77 bits per heavy atom. The van der Waals surface area contributed by atoms with Crippen molar-refractivity contribution in [3.8, 4) is 5.75 Å². The maximum absolute atomic E-state index is 10.1. The van der Waals surface area contributed by atoms with Gasteiger partial charge in [0.1, 0.15) is 18.5 Å². The van der Waals surface area contributed by atoms with E-state index in [4.69, 9.17) is 4.74 Å². The van der Waals surface area contributed by atoms with Gasteiger partial charge in [-0.3, -0.25) is 4.90 Å². The molecule has 0 radical (unpaired) electrons. The van der Waals surface area contributed by atoms with Crippen molar-refractivity contribution in [3.05, 3.63) is 29.3 Å². The molecule has 0 amide bonds. The van der Waals surface area contributed by atoms with Gasteiger partial charge in [0.05, 0.1) is 0 Å². The molecule has 124 valence electrons. The van der Waals surface area contributed by atoms with Gasteiger partial charge in [-0.2, -0.15) is 0 Å². The van der Waals surface area contributed by atoms with Gasteiger partial charge in [0.2, 0.25) is 0 Å². The fourth-order valence-electron chi connectivity index (χ4n) is 3.22. The summed E-state index contributed by atoms with van der Waals surface area (Å²) in [5.41, 5.74) is 2.23. The Morgan fingerprint density at radius 1 is 1.36 bits per heavy atom. The monoisotopic (exact) mass is 306 g/mol. The topological polar surface area (TPSA) is 44.7 Å². The minimum absolute atomic E-state index is 0.334. The first kappa shape index (κ1) is 17.3. The van der Waals surface area contributed by atoms with Crippen molar-refractivity contribution in [2.75, 3.05) is 32.8 Å². The molecule has 2 atom stereocenters. The summed E-state index contributed by atoms with van der Waals surface area (Å²) in [6.45, 7) is 10.5. The Bertz CT molecular complexity index is 444. The third-order valence-corrected chi connectivity index (χ3v) is 4.49. The van der Waals surface area contributed by atoms with Crippen molar-refractivity contribution < 1.29 is 9.84 Å². The molecule has 2 rings (SSSR count). The Labute approximate surface area is 134 Å². The number of rotatable bonds is 8. The van der Waals surface area contributed by atoms with Gasteiger partial charge in [0.25, 0.3) is 0 Å². The number of nitrogens with zero attached hydrogens (tertiary/aromatic N) is 1. The van der Waals surface area contributed by atoms with Crippen molar-refractivity contribution in [1.82, 2.24) is 10.2 Å². The lowest BCUT2D eigenvalue weighted by Crippen LogP contribution is -2.41. The molecule has 0 spiro atoms. The van der Waals surface area contributed by atoms with Gasteiger partial charge in [-0.1, -0.05) is 25.1 Å². The lowest BCUT2D eigenvalue weighted by molar-refractivity contribution is 0.103. The van der Waals surface area contributed by atoms with Crippen LogP contribution in [0.5, 0.6) is 5.75 Å². The maximum atomic E-state index is 10.1. The number of aliphatic hydroxyl groups is 1. The molecule has 1 saturated heterocycles. The molecule has 1 aliphatic heterocycles. The molecule has 1 aromatic rings. The average Bonchev–Trinajstić information content (AvgIpc) is 2.94. The predicted octanol–water partition coefficient (Wildman–Crippen LogP) is 2.12. The highest BCUT2D eigenvalue weighted by atomic mass is 16.5. The van der Waals surface area contributed by atoms with Crippen LogP contribution in [0.4, 0.5) is 0 Å². The van der Waals surface area contributed by atoms with E-state index in [1.165, 1.54) is 19.4 Å². The summed E-state index contributed by atoms with van der Waals surface area (Å²) in [6.07, 6.45) is 2.07. The highest BCUT2D eigenvalue weighted by Crippen LogP contribution is 2.22. The summed E-state index contributed by atoms with van der Waals surface area (Å²) in [7, 11) is 0. The highest BCUT2D eigenvalue weighted by Gasteiger charge is 2.22. The van der Waals surface area contributed by atoms with E-state index >= 15 is 0 Å². The zero-order valence-corrected chi connectivity index (χ0v) is 14.1. The normalized spacial score (nSPS) is 20.3. The summed E-state index contributed by atoms with van der Waals surface area (Å²) in [6, 6.07) is 6.71. The van der Waals surface area contributed by atoms with Gasteiger partial charge >= 0.3 is 0 Å². The molecule has 0 saturated carbocycles. The second kappa shape index (κ2) is 8.51. The number of aryl methyl sites for hydroxylation is 2. The quantitative estimate of drug-likeness (QED) is 0.772. The van der Waals surface area contributed by atoms with Crippen LogP contribution in [-0.4, -0.2) is 54.9 Å². The minimum Gasteiger partial charge on any atom is -0.490 e. The maximum Gasteiger partial charge on any atom is 0.125 e. The molecule has 2 N–H and O–H groups in total. The number of aliphatic hydroxyl groups excluding tert-OH is 1. The van der Waals surface area contributed by atoms with Crippen LogP contribution in [0.15, 0.2) is 18.2 Å². The van der Waals surface area contributed by atoms with Gasteiger partial charge in [-0.15, -0.1) is 0 Å². The molecule has 0 aliphatic carbocycles. The van der Waals surface area contributed by atoms with Gasteiger partial charge < -0.3 is 15.2 Å². The molecule has 0 bridgehead atoms. The molecule has 22 heavy (non-hydrogen) atoms. The van der Waals surface area contributed by atoms with E-state index in [0.29, 0.717) is 19.2 Å². The smallest absolute Gasteiger partial charge is 0.125 e. The van der Waals surface area contributed by atoms with Gasteiger partial charge in [0, 0.05) is 19.1 Å². The molecular formula is C18H30N2O2. The van der Waals surface area contributed by atoms with Crippen LogP contribution >= 0.6 is 0 Å². The van der Waals surface area contributed by atoms with Crippen LogP contribution in [0, 0.1) is 13.8 Å². The zero-order chi connectivity index (χ0) is 15.9.